The average molecular weight is 280 g/mol. The van der Waals surface area contributed by atoms with E-state index in [0.29, 0.717) is 30.4 Å². The highest BCUT2D eigenvalue weighted by atomic mass is 16.5. The summed E-state index contributed by atoms with van der Waals surface area (Å²) in [4.78, 5) is 11.9. The van der Waals surface area contributed by atoms with Crippen LogP contribution in [0.15, 0.2) is 18.2 Å². The van der Waals surface area contributed by atoms with Crippen molar-refractivity contribution in [1.82, 2.24) is 0 Å². The molecule has 1 aliphatic rings. The highest BCUT2D eigenvalue weighted by Gasteiger charge is 2.45. The second kappa shape index (κ2) is 6.11. The molecule has 6 heteroatoms. The third kappa shape index (κ3) is 3.40. The minimum atomic E-state index is -0.697. The highest BCUT2D eigenvalue weighted by molar-refractivity contribution is 6.00. The summed E-state index contributed by atoms with van der Waals surface area (Å²) in [6.07, 6.45) is 1.46. The smallest absolute Gasteiger partial charge is 0.244 e. The fourth-order valence-electron chi connectivity index (χ4n) is 1.72. The third-order valence-corrected chi connectivity index (χ3v) is 3.21. The summed E-state index contributed by atoms with van der Waals surface area (Å²) in [5, 5.41) is 2.80. The van der Waals surface area contributed by atoms with Gasteiger partial charge in [-0.2, -0.15) is 0 Å². The molecular weight excluding hydrogens is 260 g/mol. The van der Waals surface area contributed by atoms with E-state index in [2.05, 4.69) is 5.32 Å². The zero-order chi connectivity index (χ0) is 14.6. The van der Waals surface area contributed by atoms with E-state index in [0.717, 1.165) is 12.8 Å². The van der Waals surface area contributed by atoms with Crippen molar-refractivity contribution >= 4 is 11.6 Å². The molecule has 1 fully saturated rings. The molecule has 0 bridgehead atoms. The fourth-order valence-corrected chi connectivity index (χ4v) is 1.72. The Balaban J connectivity index is 2.05. The van der Waals surface area contributed by atoms with Crippen LogP contribution in [-0.4, -0.2) is 38.9 Å². The number of anilines is 1. The van der Waals surface area contributed by atoms with Gasteiger partial charge in [0.15, 0.2) is 11.5 Å². The van der Waals surface area contributed by atoms with E-state index in [1.54, 1.807) is 32.4 Å². The maximum Gasteiger partial charge on any atom is 0.244 e. The summed E-state index contributed by atoms with van der Waals surface area (Å²) in [6.45, 7) is 0.886. The number of rotatable bonds is 7. The molecule has 2 rings (SSSR count). The number of hydrogen-bond donors (Lipinski definition) is 2. The molecule has 110 valence electrons. The fraction of sp³-hybridized carbons (Fsp3) is 0.500. The molecule has 0 unspecified atom stereocenters. The van der Waals surface area contributed by atoms with Gasteiger partial charge in [0.2, 0.25) is 5.91 Å². The van der Waals surface area contributed by atoms with Gasteiger partial charge < -0.3 is 25.3 Å². The van der Waals surface area contributed by atoms with Crippen molar-refractivity contribution < 1.29 is 19.0 Å². The normalized spacial score (nSPS) is 15.6. The number of carbonyl (C=O) groups excluding carboxylic acids is 1. The molecule has 1 aliphatic carbocycles. The Kier molecular flexibility index (Phi) is 4.46. The van der Waals surface area contributed by atoms with Gasteiger partial charge in [-0.25, -0.2) is 0 Å². The molecule has 0 aromatic heterocycles. The number of hydrogen-bond acceptors (Lipinski definition) is 5. The third-order valence-electron chi connectivity index (χ3n) is 3.21. The number of benzene rings is 1. The molecule has 0 heterocycles. The molecule has 0 saturated heterocycles. The molecule has 1 amide bonds. The summed E-state index contributed by atoms with van der Waals surface area (Å²) < 4.78 is 15.7. The van der Waals surface area contributed by atoms with Crippen LogP contribution in [0.5, 0.6) is 11.5 Å². The summed E-state index contributed by atoms with van der Waals surface area (Å²) >= 11 is 0. The van der Waals surface area contributed by atoms with Crippen LogP contribution in [-0.2, 0) is 9.53 Å². The van der Waals surface area contributed by atoms with Gasteiger partial charge >= 0.3 is 0 Å². The predicted molar refractivity (Wildman–Crippen MR) is 75.1 cm³/mol. The first-order chi connectivity index (χ1) is 9.59. The lowest BCUT2D eigenvalue weighted by atomic mass is 10.2. The lowest BCUT2D eigenvalue weighted by Gasteiger charge is -2.14. The molecule has 6 nitrogen and oxygen atoms in total. The van der Waals surface area contributed by atoms with Crippen molar-refractivity contribution in [3.05, 3.63) is 18.2 Å². The van der Waals surface area contributed by atoms with Crippen molar-refractivity contribution in [1.29, 1.82) is 0 Å². The number of amides is 1. The maximum atomic E-state index is 11.9. The second-order valence-electron chi connectivity index (χ2n) is 4.82. The first kappa shape index (κ1) is 14.6. The van der Waals surface area contributed by atoms with Gasteiger partial charge in [0, 0.05) is 18.9 Å². The Morgan fingerprint density at radius 1 is 1.30 bits per heavy atom. The van der Waals surface area contributed by atoms with Gasteiger partial charge in [-0.1, -0.05) is 0 Å². The minimum Gasteiger partial charge on any atom is -0.493 e. The maximum absolute atomic E-state index is 11.9. The van der Waals surface area contributed by atoms with E-state index in [4.69, 9.17) is 19.9 Å². The molecule has 20 heavy (non-hydrogen) atoms. The van der Waals surface area contributed by atoms with Crippen molar-refractivity contribution in [3.8, 4) is 11.5 Å². The molecular formula is C14H20N2O4. The number of nitrogens with one attached hydrogen (secondary N) is 1. The number of carbonyl (C=O) groups is 1. The highest BCUT2D eigenvalue weighted by Crippen LogP contribution is 2.35. The molecule has 0 spiro atoms. The Bertz CT molecular complexity index is 486. The summed E-state index contributed by atoms with van der Waals surface area (Å²) in [5.74, 6) is 1.00. The molecule has 1 aromatic rings. The Morgan fingerprint density at radius 3 is 2.65 bits per heavy atom. The monoisotopic (exact) mass is 280 g/mol. The Hall–Kier alpha value is -1.79. The molecule has 1 aromatic carbocycles. The van der Waals surface area contributed by atoms with Crippen LogP contribution in [0.4, 0.5) is 5.69 Å². The lowest BCUT2D eigenvalue weighted by molar-refractivity contribution is -0.118. The second-order valence-corrected chi connectivity index (χ2v) is 4.82. The van der Waals surface area contributed by atoms with Crippen molar-refractivity contribution in [3.63, 3.8) is 0 Å². The zero-order valence-corrected chi connectivity index (χ0v) is 11.8. The van der Waals surface area contributed by atoms with Crippen molar-refractivity contribution in [2.75, 3.05) is 32.8 Å². The average Bonchev–Trinajstić information content (AvgIpc) is 3.19. The van der Waals surface area contributed by atoms with E-state index in [1.165, 1.54) is 0 Å². The topological polar surface area (TPSA) is 82.8 Å². The van der Waals surface area contributed by atoms with Gasteiger partial charge in [-0.15, -0.1) is 0 Å². The molecule has 0 radical (unpaired) electrons. The molecule has 0 atom stereocenters. The van der Waals surface area contributed by atoms with Crippen molar-refractivity contribution in [2.24, 2.45) is 5.73 Å². The van der Waals surface area contributed by atoms with Crippen molar-refractivity contribution in [2.45, 2.75) is 18.4 Å². The van der Waals surface area contributed by atoms with Crippen LogP contribution >= 0.6 is 0 Å². The van der Waals surface area contributed by atoms with Crippen LogP contribution in [0.3, 0.4) is 0 Å². The van der Waals surface area contributed by atoms with E-state index in [1.807, 2.05) is 0 Å². The quantitative estimate of drug-likeness (QED) is 0.732. The number of nitrogens with two attached hydrogens (primary N) is 1. The predicted octanol–water partition coefficient (Wildman–Crippen LogP) is 1.15. The first-order valence-corrected chi connectivity index (χ1v) is 6.49. The van der Waals surface area contributed by atoms with Gasteiger partial charge in [0.05, 0.1) is 19.3 Å². The van der Waals surface area contributed by atoms with E-state index >= 15 is 0 Å². The van der Waals surface area contributed by atoms with Crippen LogP contribution in [0.25, 0.3) is 0 Å². The van der Waals surface area contributed by atoms with Gasteiger partial charge in [0.1, 0.15) is 6.61 Å². The van der Waals surface area contributed by atoms with Crippen LogP contribution in [0.2, 0.25) is 0 Å². The number of methoxy groups -OCH3 is 2. The molecule has 1 saturated carbocycles. The lowest BCUT2D eigenvalue weighted by Crippen LogP contribution is -2.37. The summed E-state index contributed by atoms with van der Waals surface area (Å²) in [6, 6.07) is 5.22. The van der Waals surface area contributed by atoms with Gasteiger partial charge in [0.25, 0.3) is 0 Å². The summed E-state index contributed by atoms with van der Waals surface area (Å²) in [7, 11) is 3.17. The van der Waals surface area contributed by atoms with Crippen LogP contribution in [0.1, 0.15) is 12.8 Å². The van der Waals surface area contributed by atoms with E-state index in [9.17, 15) is 4.79 Å². The van der Waals surface area contributed by atoms with E-state index in [-0.39, 0.29) is 5.91 Å². The SMILES string of the molecule is COCCOc1cc(NC(=O)C2(N)CC2)ccc1OC. The van der Waals surface area contributed by atoms with Crippen LogP contribution in [0, 0.1) is 0 Å². The molecule has 0 aliphatic heterocycles. The Labute approximate surface area is 118 Å². The van der Waals surface area contributed by atoms with E-state index < -0.39 is 5.54 Å². The standard InChI is InChI=1S/C14H20N2O4/c1-18-7-8-20-12-9-10(3-4-11(12)19-2)16-13(17)14(15)5-6-14/h3-4,9H,5-8,15H2,1-2H3,(H,16,17). The van der Waals surface area contributed by atoms with Crippen LogP contribution < -0.4 is 20.5 Å². The number of ether oxygens (including phenoxy) is 3. The largest absolute Gasteiger partial charge is 0.493 e. The molecule has 3 N–H and O–H groups in total. The first-order valence-electron chi connectivity index (χ1n) is 6.49. The summed E-state index contributed by atoms with van der Waals surface area (Å²) in [5.41, 5.74) is 5.79. The Morgan fingerprint density at radius 2 is 2.05 bits per heavy atom. The van der Waals surface area contributed by atoms with Gasteiger partial charge in [-0.05, 0) is 25.0 Å². The zero-order valence-electron chi connectivity index (χ0n) is 11.8. The minimum absolute atomic E-state index is 0.162. The van der Waals surface area contributed by atoms with Gasteiger partial charge in [-0.3, -0.25) is 4.79 Å².